The van der Waals surface area contributed by atoms with Crippen molar-refractivity contribution in [3.8, 4) is 0 Å². The average Bonchev–Trinajstić information content (AvgIpc) is 1.38. The van der Waals surface area contributed by atoms with Gasteiger partial charge in [-0.15, -0.1) is 0 Å². The van der Waals surface area contributed by atoms with Crippen molar-refractivity contribution in [2.45, 2.75) is 0 Å². The zero-order chi connectivity index (χ0) is 4.28. The molecule has 0 aliphatic carbocycles. The molecule has 0 fully saturated rings. The van der Waals surface area contributed by atoms with Crippen molar-refractivity contribution in [3.63, 3.8) is 0 Å². The van der Waals surface area contributed by atoms with Gasteiger partial charge in [0.15, 0.2) is 0 Å². The quantitative estimate of drug-likeness (QED) is 0.436. The summed E-state index contributed by atoms with van der Waals surface area (Å²) in [4.78, 5) is 0. The van der Waals surface area contributed by atoms with Crippen LogP contribution < -0.4 is 51.4 Å². The molecule has 0 aromatic carbocycles. The molecule has 0 rings (SSSR count). The zero-order valence-electron chi connectivity index (χ0n) is 4.21. The second-order valence-corrected chi connectivity index (χ2v) is 1.62. The molecule has 32 valence electrons. The Morgan fingerprint density at radius 3 is 1.67 bits per heavy atom. The van der Waals surface area contributed by atoms with E-state index in [2.05, 4.69) is 0 Å². The Morgan fingerprint density at radius 1 is 1.50 bits per heavy atom. The largest absolute Gasteiger partial charge is 1.00 e. The molecule has 0 aromatic rings. The summed E-state index contributed by atoms with van der Waals surface area (Å²) in [5.41, 5.74) is 1.09. The summed E-state index contributed by atoms with van der Waals surface area (Å²) in [5.74, 6) is 0. The van der Waals surface area contributed by atoms with Gasteiger partial charge in [-0.2, -0.15) is 0 Å². The normalized spacial score (nSPS) is 5.83. The maximum absolute atomic E-state index is 4.96. The molecule has 0 aromatic heterocycles. The smallest absolute Gasteiger partial charge is 1.00 e. The maximum atomic E-state index is 4.96. The molecular formula is C2H2Cl3K. The molecule has 0 saturated carbocycles. The standard InChI is InChI=1S/C2HCl3.K.H/c3-1-2(4)5;;/h1H;;/q;+1;-1. The van der Waals surface area contributed by atoms with Crippen molar-refractivity contribution < 1.29 is 52.8 Å². The molecule has 0 unspecified atom stereocenters. The van der Waals surface area contributed by atoms with Crippen LogP contribution in [-0.4, -0.2) is 0 Å². The van der Waals surface area contributed by atoms with Gasteiger partial charge in [0.25, 0.3) is 0 Å². The molecule has 0 saturated heterocycles. The number of hydrogen-bond donors (Lipinski definition) is 0. The molecule has 0 bridgehead atoms. The van der Waals surface area contributed by atoms with Crippen LogP contribution in [0.4, 0.5) is 0 Å². The molecule has 6 heavy (non-hydrogen) atoms. The average molecular weight is 171 g/mol. The van der Waals surface area contributed by atoms with E-state index < -0.39 is 0 Å². The molecular weight excluding hydrogens is 169 g/mol. The van der Waals surface area contributed by atoms with E-state index in [-0.39, 0.29) is 57.3 Å². The van der Waals surface area contributed by atoms with E-state index in [4.69, 9.17) is 34.8 Å². The fraction of sp³-hybridized carbons (Fsp3) is 0. The maximum Gasteiger partial charge on any atom is 1.00 e. The zero-order valence-corrected chi connectivity index (χ0v) is 8.60. The summed E-state index contributed by atoms with van der Waals surface area (Å²) in [6.07, 6.45) is 0. The number of rotatable bonds is 0. The minimum absolute atomic E-state index is 0. The van der Waals surface area contributed by atoms with Crippen molar-refractivity contribution in [2.75, 3.05) is 0 Å². The summed E-state index contributed by atoms with van der Waals surface area (Å²) in [6.45, 7) is 0. The van der Waals surface area contributed by atoms with Gasteiger partial charge < -0.3 is 1.43 Å². The van der Waals surface area contributed by atoms with Crippen molar-refractivity contribution in [1.82, 2.24) is 0 Å². The second kappa shape index (κ2) is 7.25. The predicted octanol–water partition coefficient (Wildman–Crippen LogP) is -0.382. The third-order valence-electron chi connectivity index (χ3n) is 0.0825. The van der Waals surface area contributed by atoms with Crippen LogP contribution in [0.25, 0.3) is 0 Å². The first kappa shape index (κ1) is 11.1. The first-order valence-electron chi connectivity index (χ1n) is 0.885. The van der Waals surface area contributed by atoms with Gasteiger partial charge in [0.1, 0.15) is 4.49 Å². The van der Waals surface area contributed by atoms with Gasteiger partial charge in [0, 0.05) is 5.54 Å². The van der Waals surface area contributed by atoms with Crippen LogP contribution in [0.15, 0.2) is 10.0 Å². The van der Waals surface area contributed by atoms with E-state index in [0.717, 1.165) is 5.54 Å². The van der Waals surface area contributed by atoms with Gasteiger partial charge >= 0.3 is 51.4 Å². The Morgan fingerprint density at radius 2 is 1.67 bits per heavy atom. The predicted molar refractivity (Wildman–Crippen MR) is 26.8 cm³/mol. The Balaban J connectivity index is -0.0000000800. The first-order valence-corrected chi connectivity index (χ1v) is 2.08. The molecule has 4 heteroatoms. The summed E-state index contributed by atoms with van der Waals surface area (Å²) >= 11 is 14.8. The minimum Gasteiger partial charge on any atom is -1.00 e. The fourth-order valence-electron chi connectivity index (χ4n) is 0. The summed E-state index contributed by atoms with van der Waals surface area (Å²) in [5, 5.41) is 0. The van der Waals surface area contributed by atoms with E-state index in [0.29, 0.717) is 0 Å². The molecule has 0 aliphatic rings. The van der Waals surface area contributed by atoms with Crippen LogP contribution in [-0.2, 0) is 0 Å². The van der Waals surface area contributed by atoms with Gasteiger partial charge in [0.05, 0.1) is 0 Å². The summed E-state index contributed by atoms with van der Waals surface area (Å²) < 4.78 is 0.0895. The van der Waals surface area contributed by atoms with E-state index in [1.165, 1.54) is 0 Å². The summed E-state index contributed by atoms with van der Waals surface area (Å²) in [7, 11) is 0. The van der Waals surface area contributed by atoms with Crippen LogP contribution >= 0.6 is 34.8 Å². The van der Waals surface area contributed by atoms with Gasteiger partial charge in [-0.3, -0.25) is 0 Å². The second-order valence-electron chi connectivity index (χ2n) is 0.399. The van der Waals surface area contributed by atoms with Crippen molar-refractivity contribution >= 4 is 34.8 Å². The molecule has 0 nitrogen and oxygen atoms in total. The van der Waals surface area contributed by atoms with Crippen LogP contribution in [0.3, 0.4) is 0 Å². The van der Waals surface area contributed by atoms with Crippen molar-refractivity contribution in [3.05, 3.63) is 10.0 Å². The van der Waals surface area contributed by atoms with Gasteiger partial charge in [-0.05, 0) is 0 Å². The third kappa shape index (κ3) is 9.53. The third-order valence-corrected chi connectivity index (χ3v) is 0.742. The first-order chi connectivity index (χ1) is 2.27. The van der Waals surface area contributed by atoms with Gasteiger partial charge in [0.2, 0.25) is 0 Å². The van der Waals surface area contributed by atoms with E-state index in [1.807, 2.05) is 0 Å². The van der Waals surface area contributed by atoms with Crippen LogP contribution in [0.5, 0.6) is 0 Å². The molecule has 0 atom stereocenters. The van der Waals surface area contributed by atoms with Gasteiger partial charge in [-0.25, -0.2) is 0 Å². The number of hydrogen-bond acceptors (Lipinski definition) is 0. The molecule has 0 spiro atoms. The molecule has 0 amide bonds. The Labute approximate surface area is 95.7 Å². The van der Waals surface area contributed by atoms with Crippen LogP contribution in [0.1, 0.15) is 1.43 Å². The Kier molecular flexibility index (Phi) is 13.4. The Hall–Kier alpha value is 2.25. The van der Waals surface area contributed by atoms with Crippen molar-refractivity contribution in [1.29, 1.82) is 0 Å². The molecule has 0 heterocycles. The Bertz CT molecular complexity index is 50.9. The van der Waals surface area contributed by atoms with Crippen LogP contribution in [0.2, 0.25) is 0 Å². The SMILES string of the molecule is ClC=C(Cl)Cl.[H-].[K+]. The monoisotopic (exact) mass is 170 g/mol. The number of halogens is 3. The van der Waals surface area contributed by atoms with Crippen LogP contribution in [0, 0.1) is 0 Å². The molecule has 0 N–H and O–H groups in total. The van der Waals surface area contributed by atoms with E-state index in [9.17, 15) is 0 Å². The van der Waals surface area contributed by atoms with Crippen molar-refractivity contribution in [2.24, 2.45) is 0 Å². The molecule has 0 aliphatic heterocycles. The van der Waals surface area contributed by atoms with E-state index in [1.54, 1.807) is 0 Å². The fourth-order valence-corrected chi connectivity index (χ4v) is 0. The van der Waals surface area contributed by atoms with Gasteiger partial charge in [-0.1, -0.05) is 34.8 Å². The molecule has 0 radical (unpaired) electrons. The van der Waals surface area contributed by atoms with E-state index >= 15 is 0 Å². The minimum atomic E-state index is 0. The summed E-state index contributed by atoms with van der Waals surface area (Å²) in [6, 6.07) is 0. The topological polar surface area (TPSA) is 0 Å².